The van der Waals surface area contributed by atoms with Gasteiger partial charge in [-0.15, -0.1) is 11.3 Å². The second-order valence-electron chi connectivity index (χ2n) is 17.9. The van der Waals surface area contributed by atoms with Gasteiger partial charge in [-0.05, 0) is 89.0 Å². The van der Waals surface area contributed by atoms with Crippen LogP contribution in [-0.4, -0.2) is 19.5 Å². The molecule has 0 saturated heterocycles. The van der Waals surface area contributed by atoms with E-state index in [9.17, 15) is 0 Å². The molecule has 1 aliphatic rings. The minimum Gasteiger partial charge on any atom is -0.456 e. The Morgan fingerprint density at radius 1 is 0.478 bits per heavy atom. The Bertz CT molecular complexity index is 4050. The minimum absolute atomic E-state index is 0.148. The standard InChI is InChI=1S/C60H39N5OS/c1-60(2)45-25-10-6-19-38(45)44-35-36(33-34-46(44)60)57-61-58(43-24-14-23-40-39-20-7-11-26-47(39)64(56(40)43)37-17-4-3-5-18-37)63-59(62-57)65(48-27-15-30-51-54(48)41-21-8-12-29-50(41)66-51)49-28-16-32-53-55(49)42-22-9-13-31-52(42)67-53/h3-35H,1-2H3. The van der Waals surface area contributed by atoms with E-state index in [-0.39, 0.29) is 5.41 Å². The van der Waals surface area contributed by atoms with Gasteiger partial charge in [-0.2, -0.15) is 9.97 Å². The van der Waals surface area contributed by atoms with E-state index in [4.69, 9.17) is 19.4 Å². The first kappa shape index (κ1) is 37.9. The van der Waals surface area contributed by atoms with Gasteiger partial charge in [-0.1, -0.05) is 147 Å². The largest absolute Gasteiger partial charge is 0.456 e. The molecule has 0 spiro atoms. The third-order valence-electron chi connectivity index (χ3n) is 13.9. The van der Waals surface area contributed by atoms with E-state index in [0.717, 1.165) is 77.3 Å². The Kier molecular flexibility index (Phi) is 8.10. The normalized spacial score (nSPS) is 13.0. The Labute approximate surface area is 389 Å². The first-order valence-electron chi connectivity index (χ1n) is 22.7. The number of furan rings is 1. The van der Waals surface area contributed by atoms with Crippen LogP contribution in [0.4, 0.5) is 17.3 Å². The minimum atomic E-state index is -0.148. The van der Waals surface area contributed by atoms with E-state index in [2.05, 4.69) is 211 Å². The molecule has 0 saturated carbocycles. The lowest BCUT2D eigenvalue weighted by Crippen LogP contribution is -2.16. The second kappa shape index (κ2) is 14.3. The van der Waals surface area contributed by atoms with Crippen LogP contribution in [0.2, 0.25) is 0 Å². The molecule has 13 aromatic rings. The number of aromatic nitrogens is 4. The fourth-order valence-corrected chi connectivity index (χ4v) is 12.0. The first-order valence-corrected chi connectivity index (χ1v) is 23.5. The quantitative estimate of drug-likeness (QED) is 0.167. The lowest BCUT2D eigenvalue weighted by Gasteiger charge is -2.26. The van der Waals surface area contributed by atoms with Crippen LogP contribution in [0.15, 0.2) is 205 Å². The molecule has 0 N–H and O–H groups in total. The van der Waals surface area contributed by atoms with Crippen molar-refractivity contribution in [2.75, 3.05) is 4.90 Å². The number of fused-ring (bicyclic) bond motifs is 12. The van der Waals surface area contributed by atoms with Gasteiger partial charge in [-0.3, -0.25) is 4.90 Å². The van der Waals surface area contributed by atoms with Gasteiger partial charge in [-0.25, -0.2) is 4.98 Å². The summed E-state index contributed by atoms with van der Waals surface area (Å²) in [6.07, 6.45) is 0. The highest BCUT2D eigenvalue weighted by Crippen LogP contribution is 2.51. The fraction of sp³-hybridized carbons (Fsp3) is 0.0500. The maximum Gasteiger partial charge on any atom is 0.238 e. The van der Waals surface area contributed by atoms with Crippen molar-refractivity contribution in [3.63, 3.8) is 0 Å². The molecule has 0 fully saturated rings. The van der Waals surface area contributed by atoms with E-state index in [1.165, 1.54) is 37.0 Å². The second-order valence-corrected chi connectivity index (χ2v) is 19.0. The van der Waals surface area contributed by atoms with E-state index < -0.39 is 0 Å². The van der Waals surface area contributed by atoms with Gasteiger partial charge in [0.1, 0.15) is 11.2 Å². The first-order chi connectivity index (χ1) is 33.0. The SMILES string of the molecule is CC1(C)c2ccccc2-c2cc(-c3nc(-c4cccc5c6ccccc6n(-c6ccccc6)c45)nc(N(c4cccc5oc6ccccc6c45)c4cccc5sc6ccccc6c45)n3)ccc21. The van der Waals surface area contributed by atoms with E-state index in [1.54, 1.807) is 11.3 Å². The summed E-state index contributed by atoms with van der Waals surface area (Å²) in [4.78, 5) is 19.1. The molecule has 316 valence electrons. The average molecular weight is 878 g/mol. The molecule has 0 radical (unpaired) electrons. The van der Waals surface area contributed by atoms with Gasteiger partial charge in [0.05, 0.1) is 27.8 Å². The van der Waals surface area contributed by atoms with Crippen molar-refractivity contribution >= 4 is 92.6 Å². The number of benzene rings is 9. The number of para-hydroxylation sites is 4. The van der Waals surface area contributed by atoms with Gasteiger partial charge < -0.3 is 8.98 Å². The van der Waals surface area contributed by atoms with Crippen molar-refractivity contribution in [3.8, 4) is 39.6 Å². The third kappa shape index (κ3) is 5.58. The molecular formula is C60H39N5OS. The molecular weight excluding hydrogens is 839 g/mol. The number of hydrogen-bond acceptors (Lipinski definition) is 6. The highest BCUT2D eigenvalue weighted by Gasteiger charge is 2.36. The molecule has 0 amide bonds. The molecule has 4 aromatic heterocycles. The summed E-state index contributed by atoms with van der Waals surface area (Å²) in [6.45, 7) is 4.63. The van der Waals surface area contributed by atoms with Crippen molar-refractivity contribution in [1.82, 2.24) is 19.5 Å². The summed E-state index contributed by atoms with van der Waals surface area (Å²) in [6, 6.07) is 71.0. The summed E-state index contributed by atoms with van der Waals surface area (Å²) in [5, 5.41) is 6.61. The molecule has 0 bridgehead atoms. The van der Waals surface area contributed by atoms with Crippen molar-refractivity contribution in [1.29, 1.82) is 0 Å². The van der Waals surface area contributed by atoms with Gasteiger partial charge in [0.15, 0.2) is 11.6 Å². The summed E-state index contributed by atoms with van der Waals surface area (Å²) in [5.41, 5.74) is 13.4. The van der Waals surface area contributed by atoms with Crippen molar-refractivity contribution < 1.29 is 4.42 Å². The predicted molar refractivity (Wildman–Crippen MR) is 277 cm³/mol. The molecule has 4 heterocycles. The van der Waals surface area contributed by atoms with Crippen LogP contribution in [0.5, 0.6) is 0 Å². The van der Waals surface area contributed by atoms with E-state index in [1.807, 2.05) is 12.1 Å². The number of hydrogen-bond donors (Lipinski definition) is 0. The zero-order chi connectivity index (χ0) is 44.4. The van der Waals surface area contributed by atoms with Gasteiger partial charge >= 0.3 is 0 Å². The molecule has 7 heteroatoms. The third-order valence-corrected chi connectivity index (χ3v) is 15.0. The fourth-order valence-electron chi connectivity index (χ4n) is 10.8. The Balaban J connectivity index is 1.11. The maximum atomic E-state index is 6.58. The van der Waals surface area contributed by atoms with Crippen LogP contribution in [0.3, 0.4) is 0 Å². The van der Waals surface area contributed by atoms with Crippen molar-refractivity contribution in [2.24, 2.45) is 0 Å². The van der Waals surface area contributed by atoms with Crippen LogP contribution in [0.1, 0.15) is 25.0 Å². The molecule has 14 rings (SSSR count). The Morgan fingerprint density at radius 2 is 1.12 bits per heavy atom. The van der Waals surface area contributed by atoms with E-state index >= 15 is 0 Å². The van der Waals surface area contributed by atoms with E-state index in [0.29, 0.717) is 17.6 Å². The Morgan fingerprint density at radius 3 is 2.01 bits per heavy atom. The predicted octanol–water partition coefficient (Wildman–Crippen LogP) is 16.3. The maximum absolute atomic E-state index is 6.58. The molecule has 6 nitrogen and oxygen atoms in total. The molecule has 9 aromatic carbocycles. The van der Waals surface area contributed by atoms with Crippen LogP contribution < -0.4 is 4.90 Å². The summed E-state index contributed by atoms with van der Waals surface area (Å²) < 4.78 is 11.3. The number of thiophene rings is 1. The van der Waals surface area contributed by atoms with Crippen LogP contribution in [0.25, 0.3) is 104 Å². The molecule has 67 heavy (non-hydrogen) atoms. The van der Waals surface area contributed by atoms with Gasteiger partial charge in [0.25, 0.3) is 0 Å². The molecule has 0 atom stereocenters. The average Bonchev–Trinajstić information content (AvgIpc) is 4.11. The van der Waals surface area contributed by atoms with Crippen LogP contribution in [-0.2, 0) is 5.41 Å². The molecule has 0 unspecified atom stereocenters. The summed E-state index contributed by atoms with van der Waals surface area (Å²) >= 11 is 1.80. The van der Waals surface area contributed by atoms with Crippen LogP contribution in [0, 0.1) is 0 Å². The summed E-state index contributed by atoms with van der Waals surface area (Å²) in [7, 11) is 0. The van der Waals surface area contributed by atoms with Crippen LogP contribution >= 0.6 is 11.3 Å². The zero-order valence-electron chi connectivity index (χ0n) is 36.6. The van der Waals surface area contributed by atoms with Gasteiger partial charge in [0.2, 0.25) is 5.95 Å². The molecule has 0 aliphatic heterocycles. The van der Waals surface area contributed by atoms with Crippen molar-refractivity contribution in [2.45, 2.75) is 19.3 Å². The van der Waals surface area contributed by atoms with Gasteiger partial charge in [0, 0.05) is 58.6 Å². The summed E-state index contributed by atoms with van der Waals surface area (Å²) in [5.74, 6) is 1.66. The lowest BCUT2D eigenvalue weighted by atomic mass is 9.82. The zero-order valence-corrected chi connectivity index (χ0v) is 37.4. The topological polar surface area (TPSA) is 60.0 Å². The number of anilines is 3. The Hall–Kier alpha value is -8.39. The highest BCUT2D eigenvalue weighted by molar-refractivity contribution is 7.26. The number of rotatable bonds is 6. The number of nitrogens with zero attached hydrogens (tertiary/aromatic N) is 5. The highest BCUT2D eigenvalue weighted by atomic mass is 32.1. The smallest absolute Gasteiger partial charge is 0.238 e. The van der Waals surface area contributed by atoms with Crippen molar-refractivity contribution in [3.05, 3.63) is 211 Å². The molecule has 1 aliphatic carbocycles. The monoisotopic (exact) mass is 877 g/mol. The lowest BCUT2D eigenvalue weighted by molar-refractivity contribution is 0.660.